The van der Waals surface area contributed by atoms with Crippen molar-refractivity contribution in [2.45, 2.75) is 6.42 Å². The van der Waals surface area contributed by atoms with E-state index in [4.69, 9.17) is 9.84 Å². The number of hydrogen-bond acceptors (Lipinski definition) is 7. The largest absolute Gasteiger partial charge is 0.477 e. The maximum Gasteiger partial charge on any atom is 0.354 e. The van der Waals surface area contributed by atoms with Gasteiger partial charge in [0.15, 0.2) is 5.69 Å². The molecule has 9 nitrogen and oxygen atoms in total. The highest BCUT2D eigenvalue weighted by atomic mass is 16.6. The number of morpholine rings is 1. The lowest BCUT2D eigenvalue weighted by Gasteiger charge is -2.26. The number of hydrogen-bond donors (Lipinski definition) is 2. The molecule has 2 heterocycles. The molecule has 2 N–H and O–H groups in total. The quantitative estimate of drug-likeness (QED) is 0.432. The number of nitro groups is 1. The lowest BCUT2D eigenvalue weighted by atomic mass is 10.3. The highest BCUT2D eigenvalue weighted by molar-refractivity contribution is 5.86. The van der Waals surface area contributed by atoms with E-state index >= 15 is 0 Å². The monoisotopic (exact) mass is 310 g/mol. The third-order valence-electron chi connectivity index (χ3n) is 3.34. The van der Waals surface area contributed by atoms with E-state index < -0.39 is 10.9 Å². The SMILES string of the molecule is O=C(O)c1ccc([N+](=O)[O-])c(NCCCN2CCOCC2)n1. The molecule has 0 saturated carbocycles. The zero-order chi connectivity index (χ0) is 15.9. The van der Waals surface area contributed by atoms with Crippen LogP contribution in [0.15, 0.2) is 12.1 Å². The summed E-state index contributed by atoms with van der Waals surface area (Å²) < 4.78 is 5.26. The van der Waals surface area contributed by atoms with Gasteiger partial charge in [-0.05, 0) is 19.0 Å². The van der Waals surface area contributed by atoms with Gasteiger partial charge in [-0.2, -0.15) is 0 Å². The standard InChI is InChI=1S/C13H18N4O5/c18-13(19)10-2-3-11(17(20)21)12(15-10)14-4-1-5-16-6-8-22-9-7-16/h2-3H,1,4-9H2,(H,14,15)(H,18,19). The molecule has 1 saturated heterocycles. The number of aromatic nitrogens is 1. The first-order valence-corrected chi connectivity index (χ1v) is 7.00. The molecule has 1 aliphatic heterocycles. The van der Waals surface area contributed by atoms with Crippen molar-refractivity contribution in [3.05, 3.63) is 27.9 Å². The number of carboxylic acid groups (broad SMARTS) is 1. The summed E-state index contributed by atoms with van der Waals surface area (Å²) in [5.41, 5.74) is -0.447. The second kappa shape index (κ2) is 7.66. The van der Waals surface area contributed by atoms with Crippen molar-refractivity contribution in [2.75, 3.05) is 44.7 Å². The lowest BCUT2D eigenvalue weighted by Crippen LogP contribution is -2.37. The van der Waals surface area contributed by atoms with Gasteiger partial charge >= 0.3 is 11.7 Å². The van der Waals surface area contributed by atoms with Gasteiger partial charge in [0.2, 0.25) is 5.82 Å². The normalized spacial score (nSPS) is 15.5. The van der Waals surface area contributed by atoms with Crippen molar-refractivity contribution in [1.82, 2.24) is 9.88 Å². The summed E-state index contributed by atoms with van der Waals surface area (Å²) in [6.07, 6.45) is 0.774. The van der Waals surface area contributed by atoms with Crippen LogP contribution in [0.1, 0.15) is 16.9 Å². The van der Waals surface area contributed by atoms with E-state index in [0.29, 0.717) is 6.54 Å². The Morgan fingerprint density at radius 1 is 1.45 bits per heavy atom. The van der Waals surface area contributed by atoms with Gasteiger partial charge in [0.25, 0.3) is 0 Å². The maximum absolute atomic E-state index is 10.9. The molecule has 0 aromatic carbocycles. The Morgan fingerprint density at radius 3 is 2.82 bits per heavy atom. The Morgan fingerprint density at radius 2 is 2.18 bits per heavy atom. The number of carbonyl (C=O) groups is 1. The van der Waals surface area contributed by atoms with Crippen molar-refractivity contribution in [3.8, 4) is 0 Å². The molecular formula is C13H18N4O5. The smallest absolute Gasteiger partial charge is 0.354 e. The second-order valence-corrected chi connectivity index (χ2v) is 4.86. The van der Waals surface area contributed by atoms with Crippen LogP contribution in [0.4, 0.5) is 11.5 Å². The van der Waals surface area contributed by atoms with Crippen LogP contribution in [-0.4, -0.2) is 65.3 Å². The minimum atomic E-state index is -1.22. The fourth-order valence-corrected chi connectivity index (χ4v) is 2.18. The van der Waals surface area contributed by atoms with Crippen LogP contribution in [-0.2, 0) is 4.74 Å². The van der Waals surface area contributed by atoms with Crippen molar-refractivity contribution < 1.29 is 19.6 Å². The van der Waals surface area contributed by atoms with Crippen molar-refractivity contribution in [2.24, 2.45) is 0 Å². The molecule has 2 rings (SSSR count). The van der Waals surface area contributed by atoms with Crippen LogP contribution in [0, 0.1) is 10.1 Å². The number of aromatic carboxylic acids is 1. The molecular weight excluding hydrogens is 292 g/mol. The number of ether oxygens (including phenoxy) is 1. The van der Waals surface area contributed by atoms with E-state index in [1.807, 2.05) is 0 Å². The molecule has 0 bridgehead atoms. The molecule has 1 aliphatic rings. The molecule has 0 spiro atoms. The zero-order valence-corrected chi connectivity index (χ0v) is 12.0. The molecule has 0 radical (unpaired) electrons. The second-order valence-electron chi connectivity index (χ2n) is 4.86. The van der Waals surface area contributed by atoms with Gasteiger partial charge in [0.1, 0.15) is 0 Å². The number of nitrogens with zero attached hydrogens (tertiary/aromatic N) is 3. The Kier molecular flexibility index (Phi) is 5.61. The molecule has 22 heavy (non-hydrogen) atoms. The fourth-order valence-electron chi connectivity index (χ4n) is 2.18. The van der Waals surface area contributed by atoms with Crippen LogP contribution >= 0.6 is 0 Å². The van der Waals surface area contributed by atoms with Gasteiger partial charge in [-0.3, -0.25) is 15.0 Å². The number of rotatable bonds is 7. The van der Waals surface area contributed by atoms with Crippen LogP contribution in [0.2, 0.25) is 0 Å². The number of carboxylic acids is 1. The van der Waals surface area contributed by atoms with E-state index in [-0.39, 0.29) is 17.2 Å². The molecule has 1 aromatic rings. The van der Waals surface area contributed by atoms with Gasteiger partial charge in [0, 0.05) is 25.7 Å². The summed E-state index contributed by atoms with van der Waals surface area (Å²) in [6, 6.07) is 2.28. The van der Waals surface area contributed by atoms with E-state index in [1.54, 1.807) is 0 Å². The summed E-state index contributed by atoms with van der Waals surface area (Å²) in [5, 5.41) is 22.7. The van der Waals surface area contributed by atoms with Gasteiger partial charge < -0.3 is 15.2 Å². The summed E-state index contributed by atoms with van der Waals surface area (Å²) >= 11 is 0. The zero-order valence-electron chi connectivity index (χ0n) is 12.0. The maximum atomic E-state index is 10.9. The Labute approximate surface area is 127 Å². The molecule has 0 aliphatic carbocycles. The first-order chi connectivity index (χ1) is 10.6. The topological polar surface area (TPSA) is 118 Å². The van der Waals surface area contributed by atoms with E-state index in [2.05, 4.69) is 15.2 Å². The van der Waals surface area contributed by atoms with Crippen LogP contribution in [0.25, 0.3) is 0 Å². The van der Waals surface area contributed by atoms with Crippen molar-refractivity contribution in [3.63, 3.8) is 0 Å². The molecule has 1 aromatic heterocycles. The Balaban J connectivity index is 1.91. The van der Waals surface area contributed by atoms with Crippen LogP contribution < -0.4 is 5.32 Å². The van der Waals surface area contributed by atoms with Gasteiger partial charge in [0.05, 0.1) is 18.1 Å². The van der Waals surface area contributed by atoms with Gasteiger partial charge in [-0.1, -0.05) is 0 Å². The number of anilines is 1. The van der Waals surface area contributed by atoms with Gasteiger partial charge in [-0.25, -0.2) is 9.78 Å². The van der Waals surface area contributed by atoms with Gasteiger partial charge in [-0.15, -0.1) is 0 Å². The average molecular weight is 310 g/mol. The summed E-state index contributed by atoms with van der Waals surface area (Å²) in [5.74, 6) is -1.22. The Hall–Kier alpha value is -2.26. The van der Waals surface area contributed by atoms with E-state index in [0.717, 1.165) is 51.4 Å². The van der Waals surface area contributed by atoms with Crippen molar-refractivity contribution >= 4 is 17.5 Å². The third-order valence-corrected chi connectivity index (χ3v) is 3.34. The third kappa shape index (κ3) is 4.37. The number of nitrogens with one attached hydrogen (secondary N) is 1. The first kappa shape index (κ1) is 16.1. The minimum Gasteiger partial charge on any atom is -0.477 e. The predicted octanol–water partition coefficient (Wildman–Crippen LogP) is 0.822. The first-order valence-electron chi connectivity index (χ1n) is 7.00. The summed E-state index contributed by atoms with van der Waals surface area (Å²) in [7, 11) is 0. The average Bonchev–Trinajstić information content (AvgIpc) is 2.52. The summed E-state index contributed by atoms with van der Waals surface area (Å²) in [4.78, 5) is 27.3. The molecule has 0 unspecified atom stereocenters. The molecule has 9 heteroatoms. The van der Waals surface area contributed by atoms with Crippen LogP contribution in [0.5, 0.6) is 0 Å². The van der Waals surface area contributed by atoms with Crippen LogP contribution in [0.3, 0.4) is 0 Å². The fraction of sp³-hybridized carbons (Fsp3) is 0.538. The van der Waals surface area contributed by atoms with E-state index in [9.17, 15) is 14.9 Å². The highest BCUT2D eigenvalue weighted by Gasteiger charge is 2.18. The Bertz CT molecular complexity index is 545. The molecule has 120 valence electrons. The lowest BCUT2D eigenvalue weighted by molar-refractivity contribution is -0.384. The minimum absolute atomic E-state index is 0.00752. The predicted molar refractivity (Wildman–Crippen MR) is 78.2 cm³/mol. The molecule has 1 fully saturated rings. The van der Waals surface area contributed by atoms with Crippen molar-refractivity contribution in [1.29, 1.82) is 0 Å². The number of pyridine rings is 1. The molecule has 0 amide bonds. The molecule has 0 atom stereocenters. The summed E-state index contributed by atoms with van der Waals surface area (Å²) in [6.45, 7) is 4.54. The highest BCUT2D eigenvalue weighted by Crippen LogP contribution is 2.22. The van der Waals surface area contributed by atoms with E-state index in [1.165, 1.54) is 0 Å².